The highest BCUT2D eigenvalue weighted by atomic mass is 19.2. The molecule has 0 aliphatic heterocycles. The van der Waals surface area contributed by atoms with Crippen LogP contribution in [0.3, 0.4) is 0 Å². The second-order valence-corrected chi connectivity index (χ2v) is 4.01. The molecule has 0 amide bonds. The van der Waals surface area contributed by atoms with Gasteiger partial charge in [0.1, 0.15) is 11.5 Å². The molecule has 0 spiro atoms. The molecule has 2 rings (SSSR count). The van der Waals surface area contributed by atoms with Crippen molar-refractivity contribution in [2.45, 2.75) is 19.3 Å². The maximum atomic E-state index is 13.3. The van der Waals surface area contributed by atoms with Gasteiger partial charge < -0.3 is 4.42 Å². The topological polar surface area (TPSA) is 30.2 Å². The zero-order chi connectivity index (χ0) is 13.0. The maximum absolute atomic E-state index is 13.3. The van der Waals surface area contributed by atoms with E-state index in [1.165, 1.54) is 18.4 Å². The fourth-order valence-corrected chi connectivity index (χ4v) is 1.70. The van der Waals surface area contributed by atoms with Gasteiger partial charge in [-0.1, -0.05) is 12.1 Å². The van der Waals surface area contributed by atoms with E-state index in [2.05, 4.69) is 0 Å². The van der Waals surface area contributed by atoms with Crippen LogP contribution in [0.5, 0.6) is 0 Å². The van der Waals surface area contributed by atoms with Crippen molar-refractivity contribution < 1.29 is 18.0 Å². The molecule has 1 heterocycles. The lowest BCUT2D eigenvalue weighted by Crippen LogP contribution is -2.06. The lowest BCUT2D eigenvalue weighted by atomic mass is 10.0. The van der Waals surface area contributed by atoms with Crippen LogP contribution < -0.4 is 0 Å². The van der Waals surface area contributed by atoms with E-state index < -0.39 is 11.6 Å². The summed E-state index contributed by atoms with van der Waals surface area (Å²) < 4.78 is 31.4. The van der Waals surface area contributed by atoms with Crippen molar-refractivity contribution in [3.05, 3.63) is 59.6 Å². The zero-order valence-electron chi connectivity index (χ0n) is 9.66. The van der Waals surface area contributed by atoms with Gasteiger partial charge in [-0.05, 0) is 23.8 Å². The van der Waals surface area contributed by atoms with Crippen LogP contribution in [0.2, 0.25) is 0 Å². The van der Waals surface area contributed by atoms with Gasteiger partial charge >= 0.3 is 0 Å². The molecule has 94 valence electrons. The molecule has 0 fully saturated rings. The van der Waals surface area contributed by atoms with E-state index in [1.54, 1.807) is 12.1 Å². The van der Waals surface area contributed by atoms with Crippen LogP contribution >= 0.6 is 0 Å². The lowest BCUT2D eigenvalue weighted by molar-refractivity contribution is -0.118. The molecule has 2 aromatic rings. The summed E-state index contributed by atoms with van der Waals surface area (Å²) in [4.78, 5) is 11.6. The number of rotatable bonds is 5. The van der Waals surface area contributed by atoms with Crippen molar-refractivity contribution in [2.75, 3.05) is 0 Å². The molecule has 0 saturated carbocycles. The van der Waals surface area contributed by atoms with Crippen molar-refractivity contribution in [3.63, 3.8) is 0 Å². The van der Waals surface area contributed by atoms with Gasteiger partial charge in [0.15, 0.2) is 11.6 Å². The highest BCUT2D eigenvalue weighted by Crippen LogP contribution is 2.13. The van der Waals surface area contributed by atoms with Crippen LogP contribution in [0.25, 0.3) is 0 Å². The number of carbonyl (C=O) groups is 1. The molecular weight excluding hydrogens is 238 g/mol. The van der Waals surface area contributed by atoms with Crippen LogP contribution in [0, 0.1) is 11.6 Å². The highest BCUT2D eigenvalue weighted by Gasteiger charge is 2.12. The SMILES string of the molecule is O=C(CCc1ccco1)Cc1cccc(F)c1F. The third-order valence-corrected chi connectivity index (χ3v) is 2.65. The maximum Gasteiger partial charge on any atom is 0.162 e. The van der Waals surface area contributed by atoms with Crippen molar-refractivity contribution in [2.24, 2.45) is 0 Å². The molecule has 2 nitrogen and oxygen atoms in total. The smallest absolute Gasteiger partial charge is 0.162 e. The fraction of sp³-hybridized carbons (Fsp3) is 0.214. The summed E-state index contributed by atoms with van der Waals surface area (Å²) >= 11 is 0. The quantitative estimate of drug-likeness (QED) is 0.815. The molecule has 1 aromatic heterocycles. The number of benzene rings is 1. The average Bonchev–Trinajstić information content (AvgIpc) is 2.86. The molecule has 0 saturated heterocycles. The summed E-state index contributed by atoms with van der Waals surface area (Å²) in [6.45, 7) is 0. The zero-order valence-corrected chi connectivity index (χ0v) is 9.66. The highest BCUT2D eigenvalue weighted by molar-refractivity contribution is 5.81. The van der Waals surface area contributed by atoms with E-state index >= 15 is 0 Å². The lowest BCUT2D eigenvalue weighted by Gasteiger charge is -2.03. The van der Waals surface area contributed by atoms with E-state index in [9.17, 15) is 13.6 Å². The second-order valence-electron chi connectivity index (χ2n) is 4.01. The van der Waals surface area contributed by atoms with Gasteiger partial charge in [-0.25, -0.2) is 8.78 Å². The first-order valence-electron chi connectivity index (χ1n) is 5.64. The summed E-state index contributed by atoms with van der Waals surface area (Å²) in [6.07, 6.45) is 2.17. The number of ketones is 1. The predicted octanol–water partition coefficient (Wildman–Crippen LogP) is 3.30. The molecule has 18 heavy (non-hydrogen) atoms. The van der Waals surface area contributed by atoms with Gasteiger partial charge in [-0.3, -0.25) is 4.79 Å². The molecule has 0 N–H and O–H groups in total. The molecule has 0 radical (unpaired) electrons. The number of halogens is 2. The summed E-state index contributed by atoms with van der Waals surface area (Å²) in [5.74, 6) is -1.30. The Morgan fingerprint density at radius 1 is 1.17 bits per heavy atom. The number of carbonyl (C=O) groups excluding carboxylic acids is 1. The largest absolute Gasteiger partial charge is 0.469 e. The first-order chi connectivity index (χ1) is 8.66. The number of aryl methyl sites for hydroxylation is 1. The molecule has 0 aliphatic rings. The van der Waals surface area contributed by atoms with Gasteiger partial charge in [0.25, 0.3) is 0 Å². The van der Waals surface area contributed by atoms with E-state index in [-0.39, 0.29) is 24.2 Å². The van der Waals surface area contributed by atoms with E-state index in [1.807, 2.05) is 0 Å². The second kappa shape index (κ2) is 5.58. The number of hydrogen-bond acceptors (Lipinski definition) is 2. The van der Waals surface area contributed by atoms with E-state index in [0.717, 1.165) is 6.07 Å². The van der Waals surface area contributed by atoms with Gasteiger partial charge in [-0.2, -0.15) is 0 Å². The first kappa shape index (κ1) is 12.5. The Kier molecular flexibility index (Phi) is 3.87. The Balaban J connectivity index is 1.93. The molecule has 0 unspecified atom stereocenters. The van der Waals surface area contributed by atoms with Crippen molar-refractivity contribution in [3.8, 4) is 0 Å². The molecule has 0 atom stereocenters. The Hall–Kier alpha value is -1.97. The van der Waals surface area contributed by atoms with Crippen LogP contribution in [0.1, 0.15) is 17.7 Å². The molecule has 4 heteroatoms. The summed E-state index contributed by atoms with van der Waals surface area (Å²) in [5.41, 5.74) is 0.0967. The summed E-state index contributed by atoms with van der Waals surface area (Å²) in [5, 5.41) is 0. The number of hydrogen-bond donors (Lipinski definition) is 0. The Bertz CT molecular complexity index is 533. The summed E-state index contributed by atoms with van der Waals surface area (Å²) in [7, 11) is 0. The third-order valence-electron chi connectivity index (χ3n) is 2.65. The Morgan fingerprint density at radius 2 is 2.00 bits per heavy atom. The third kappa shape index (κ3) is 3.03. The van der Waals surface area contributed by atoms with E-state index in [4.69, 9.17) is 4.42 Å². The predicted molar refractivity (Wildman–Crippen MR) is 62.1 cm³/mol. The minimum Gasteiger partial charge on any atom is -0.469 e. The minimum absolute atomic E-state index is 0.0930. The minimum atomic E-state index is -0.941. The van der Waals surface area contributed by atoms with Gasteiger partial charge in [0, 0.05) is 19.3 Å². The van der Waals surface area contributed by atoms with Gasteiger partial charge in [0.05, 0.1) is 6.26 Å². The number of furan rings is 1. The van der Waals surface area contributed by atoms with Gasteiger partial charge in [0.2, 0.25) is 0 Å². The molecule has 1 aromatic carbocycles. The van der Waals surface area contributed by atoms with E-state index in [0.29, 0.717) is 12.2 Å². The Labute approximate surface area is 103 Å². The normalized spacial score (nSPS) is 10.6. The fourth-order valence-electron chi connectivity index (χ4n) is 1.70. The standard InChI is InChI=1S/C14H12F2O2/c15-13-5-1-3-10(14(13)16)9-11(17)6-7-12-4-2-8-18-12/h1-5,8H,6-7,9H2. The first-order valence-corrected chi connectivity index (χ1v) is 5.64. The van der Waals surface area contributed by atoms with Gasteiger partial charge in [-0.15, -0.1) is 0 Å². The molecule has 0 aliphatic carbocycles. The van der Waals surface area contributed by atoms with Crippen molar-refractivity contribution >= 4 is 5.78 Å². The molecular formula is C14H12F2O2. The van der Waals surface area contributed by atoms with Crippen LogP contribution in [-0.2, 0) is 17.6 Å². The number of Topliss-reactive ketones (excluding diaryl/α,β-unsaturated/α-hetero) is 1. The summed E-state index contributed by atoms with van der Waals surface area (Å²) in [6, 6.07) is 7.37. The molecule has 0 bridgehead atoms. The monoisotopic (exact) mass is 250 g/mol. The van der Waals surface area contributed by atoms with Crippen molar-refractivity contribution in [1.29, 1.82) is 0 Å². The Morgan fingerprint density at radius 3 is 2.72 bits per heavy atom. The van der Waals surface area contributed by atoms with Crippen LogP contribution in [0.4, 0.5) is 8.78 Å². The average molecular weight is 250 g/mol. The van der Waals surface area contributed by atoms with Crippen molar-refractivity contribution in [1.82, 2.24) is 0 Å². The van der Waals surface area contributed by atoms with Crippen LogP contribution in [0.15, 0.2) is 41.0 Å². The van der Waals surface area contributed by atoms with Crippen LogP contribution in [-0.4, -0.2) is 5.78 Å².